The fourth-order valence-corrected chi connectivity index (χ4v) is 3.37. The third-order valence-corrected chi connectivity index (χ3v) is 5.11. The maximum absolute atomic E-state index is 13.8. The van der Waals surface area contributed by atoms with Crippen LogP contribution in [0.2, 0.25) is 0 Å². The van der Waals surface area contributed by atoms with Gasteiger partial charge in [-0.1, -0.05) is 32.9 Å². The predicted octanol–water partition coefficient (Wildman–Crippen LogP) is 2.85. The van der Waals surface area contributed by atoms with Crippen molar-refractivity contribution in [2.75, 3.05) is 39.9 Å². The number of guanidine groups is 1. The molecule has 0 radical (unpaired) electrons. The molecule has 2 aromatic rings. The van der Waals surface area contributed by atoms with E-state index in [0.29, 0.717) is 38.2 Å². The van der Waals surface area contributed by atoms with Gasteiger partial charge < -0.3 is 19.8 Å². The maximum atomic E-state index is 13.8. The smallest absolute Gasteiger partial charge is 0.213 e. The minimum Gasteiger partial charge on any atom is -0.443 e. The first kappa shape index (κ1) is 22.2. The van der Waals surface area contributed by atoms with E-state index in [1.165, 1.54) is 6.07 Å². The van der Waals surface area contributed by atoms with Gasteiger partial charge >= 0.3 is 0 Å². The van der Waals surface area contributed by atoms with Gasteiger partial charge in [0.2, 0.25) is 5.89 Å². The van der Waals surface area contributed by atoms with Gasteiger partial charge in [0.1, 0.15) is 11.6 Å². The molecule has 0 spiro atoms. The van der Waals surface area contributed by atoms with E-state index in [-0.39, 0.29) is 17.3 Å². The van der Waals surface area contributed by atoms with E-state index in [0.717, 1.165) is 24.4 Å². The van der Waals surface area contributed by atoms with Crippen LogP contribution in [0.15, 0.2) is 39.9 Å². The summed E-state index contributed by atoms with van der Waals surface area (Å²) in [5.41, 5.74) is 0.851. The molecule has 1 saturated heterocycles. The molecule has 0 amide bonds. The van der Waals surface area contributed by atoms with E-state index in [4.69, 9.17) is 9.15 Å². The van der Waals surface area contributed by atoms with Gasteiger partial charge in [0, 0.05) is 32.1 Å². The lowest BCUT2D eigenvalue weighted by Crippen LogP contribution is -2.46. The second kappa shape index (κ2) is 10.0. The summed E-state index contributed by atoms with van der Waals surface area (Å²) in [6, 6.07) is 6.79. The summed E-state index contributed by atoms with van der Waals surface area (Å²) in [4.78, 5) is 10.9. The zero-order valence-electron chi connectivity index (χ0n) is 18.2. The van der Waals surface area contributed by atoms with Crippen molar-refractivity contribution in [2.24, 2.45) is 4.99 Å². The number of halogens is 1. The number of aromatic nitrogens is 1. The number of nitrogens with one attached hydrogen (secondary N) is 2. The molecule has 164 valence electrons. The Labute approximate surface area is 177 Å². The van der Waals surface area contributed by atoms with Crippen molar-refractivity contribution in [3.63, 3.8) is 0 Å². The number of aliphatic imine (C=N–C) groups is 1. The Morgan fingerprint density at radius 2 is 2.03 bits per heavy atom. The van der Waals surface area contributed by atoms with Crippen LogP contribution in [0.1, 0.15) is 44.0 Å². The van der Waals surface area contributed by atoms with Crippen LogP contribution < -0.4 is 10.6 Å². The van der Waals surface area contributed by atoms with Crippen LogP contribution in [0.5, 0.6) is 0 Å². The molecule has 7 nitrogen and oxygen atoms in total. The highest BCUT2D eigenvalue weighted by Gasteiger charge is 2.23. The number of morpholine rings is 1. The van der Waals surface area contributed by atoms with Crippen LogP contribution in [-0.4, -0.2) is 55.7 Å². The fraction of sp³-hybridized carbons (Fsp3) is 0.545. The highest BCUT2D eigenvalue weighted by molar-refractivity contribution is 5.79. The minimum absolute atomic E-state index is 0.0115. The Bertz CT molecular complexity index is 840. The van der Waals surface area contributed by atoms with Gasteiger partial charge in [-0.2, -0.15) is 0 Å². The lowest BCUT2D eigenvalue weighted by molar-refractivity contribution is 0.0169. The second-order valence-electron chi connectivity index (χ2n) is 8.39. The molecule has 1 unspecified atom stereocenters. The Hall–Kier alpha value is -2.45. The zero-order valence-corrected chi connectivity index (χ0v) is 18.2. The summed E-state index contributed by atoms with van der Waals surface area (Å²) < 4.78 is 25.1. The molecule has 0 aliphatic carbocycles. The average molecular weight is 418 g/mol. The molecule has 1 aromatic carbocycles. The third-order valence-electron chi connectivity index (χ3n) is 5.11. The summed E-state index contributed by atoms with van der Waals surface area (Å²) in [6.45, 7) is 10.2. The van der Waals surface area contributed by atoms with E-state index in [1.807, 2.05) is 6.07 Å². The monoisotopic (exact) mass is 417 g/mol. The van der Waals surface area contributed by atoms with E-state index in [2.05, 4.69) is 46.3 Å². The van der Waals surface area contributed by atoms with Gasteiger partial charge in [-0.15, -0.1) is 0 Å². The van der Waals surface area contributed by atoms with Gasteiger partial charge in [-0.3, -0.25) is 9.89 Å². The minimum atomic E-state index is -0.230. The van der Waals surface area contributed by atoms with Crippen LogP contribution in [-0.2, 0) is 16.7 Å². The normalized spacial score (nSPS) is 17.0. The predicted molar refractivity (Wildman–Crippen MR) is 115 cm³/mol. The van der Waals surface area contributed by atoms with Gasteiger partial charge in [0.05, 0.1) is 32.0 Å². The Morgan fingerprint density at radius 3 is 2.67 bits per heavy atom. The molecule has 2 N–H and O–H groups in total. The lowest BCUT2D eigenvalue weighted by atomic mass is 9.94. The van der Waals surface area contributed by atoms with Gasteiger partial charge in [0.15, 0.2) is 5.96 Å². The highest BCUT2D eigenvalue weighted by Crippen LogP contribution is 2.23. The lowest BCUT2D eigenvalue weighted by Gasteiger charge is -2.35. The molecule has 1 aliphatic heterocycles. The van der Waals surface area contributed by atoms with Crippen molar-refractivity contribution >= 4 is 5.96 Å². The fourth-order valence-electron chi connectivity index (χ4n) is 3.37. The molecule has 1 atom stereocenters. The summed E-state index contributed by atoms with van der Waals surface area (Å²) in [5, 5.41) is 6.59. The Morgan fingerprint density at radius 1 is 1.27 bits per heavy atom. The Balaban J connectivity index is 1.62. The molecular formula is C22H32FN5O2. The molecule has 8 heteroatoms. The number of benzene rings is 1. The number of hydrogen-bond donors (Lipinski definition) is 2. The van der Waals surface area contributed by atoms with E-state index >= 15 is 0 Å². The SMILES string of the molecule is CN=C(NCc1ncc(C(C)(C)C)o1)NCC(c1cccc(F)c1)N1CCOCC1. The largest absolute Gasteiger partial charge is 0.443 e. The number of ether oxygens (including phenoxy) is 1. The third kappa shape index (κ3) is 6.03. The van der Waals surface area contributed by atoms with Gasteiger partial charge in [-0.25, -0.2) is 9.37 Å². The van der Waals surface area contributed by atoms with Gasteiger partial charge in [0.25, 0.3) is 0 Å². The molecule has 2 heterocycles. The molecule has 0 bridgehead atoms. The van der Waals surface area contributed by atoms with Crippen molar-refractivity contribution < 1.29 is 13.5 Å². The molecule has 0 saturated carbocycles. The van der Waals surface area contributed by atoms with E-state index in [9.17, 15) is 4.39 Å². The van der Waals surface area contributed by atoms with Crippen LogP contribution in [0.4, 0.5) is 4.39 Å². The van der Waals surface area contributed by atoms with Crippen LogP contribution in [0.25, 0.3) is 0 Å². The highest BCUT2D eigenvalue weighted by atomic mass is 19.1. The van der Waals surface area contributed by atoms with Crippen LogP contribution in [0.3, 0.4) is 0 Å². The first-order valence-electron chi connectivity index (χ1n) is 10.3. The van der Waals surface area contributed by atoms with Crippen molar-refractivity contribution in [3.05, 3.63) is 53.5 Å². The molecule has 1 aliphatic rings. The Kier molecular flexibility index (Phi) is 7.44. The van der Waals surface area contributed by atoms with Crippen molar-refractivity contribution in [1.29, 1.82) is 0 Å². The number of oxazole rings is 1. The average Bonchev–Trinajstić information content (AvgIpc) is 3.21. The first-order chi connectivity index (χ1) is 14.4. The number of nitrogens with zero attached hydrogens (tertiary/aromatic N) is 3. The van der Waals surface area contributed by atoms with Crippen molar-refractivity contribution in [2.45, 2.75) is 38.8 Å². The topological polar surface area (TPSA) is 74.9 Å². The van der Waals surface area contributed by atoms with E-state index < -0.39 is 0 Å². The molecular weight excluding hydrogens is 385 g/mol. The van der Waals surface area contributed by atoms with Crippen LogP contribution in [0, 0.1) is 5.82 Å². The summed E-state index contributed by atoms with van der Waals surface area (Å²) in [6.07, 6.45) is 1.77. The van der Waals surface area contributed by atoms with Gasteiger partial charge in [-0.05, 0) is 17.7 Å². The van der Waals surface area contributed by atoms with Crippen molar-refractivity contribution in [1.82, 2.24) is 20.5 Å². The zero-order chi connectivity index (χ0) is 21.6. The quantitative estimate of drug-likeness (QED) is 0.556. The molecule has 3 rings (SSSR count). The summed E-state index contributed by atoms with van der Waals surface area (Å²) in [5.74, 6) is 1.87. The molecule has 30 heavy (non-hydrogen) atoms. The van der Waals surface area contributed by atoms with Crippen LogP contribution >= 0.6 is 0 Å². The molecule has 1 aromatic heterocycles. The standard InChI is InChI=1S/C22H32FN5O2/c1-22(2,3)19-14-25-20(30-19)15-27-21(24-4)26-13-18(28-8-10-29-11-9-28)16-6-5-7-17(23)12-16/h5-7,12,14,18H,8-11,13,15H2,1-4H3,(H2,24,26,27). The second-order valence-corrected chi connectivity index (χ2v) is 8.39. The maximum Gasteiger partial charge on any atom is 0.213 e. The first-order valence-corrected chi connectivity index (χ1v) is 10.3. The van der Waals surface area contributed by atoms with Crippen molar-refractivity contribution in [3.8, 4) is 0 Å². The van der Waals surface area contributed by atoms with E-state index in [1.54, 1.807) is 25.4 Å². The summed E-state index contributed by atoms with van der Waals surface area (Å²) in [7, 11) is 1.72. The number of rotatable bonds is 6. The molecule has 1 fully saturated rings. The summed E-state index contributed by atoms with van der Waals surface area (Å²) >= 11 is 0. The number of hydrogen-bond acceptors (Lipinski definition) is 5.